The Morgan fingerprint density at radius 1 is 1.50 bits per heavy atom. The topological polar surface area (TPSA) is 76.3 Å². The van der Waals surface area contributed by atoms with Gasteiger partial charge in [-0.15, -0.1) is 0 Å². The van der Waals surface area contributed by atoms with Gasteiger partial charge in [0.1, 0.15) is 10.1 Å². The van der Waals surface area contributed by atoms with Crippen LogP contribution in [0.5, 0.6) is 0 Å². The Kier molecular flexibility index (Phi) is 4.42. The van der Waals surface area contributed by atoms with Gasteiger partial charge in [0.15, 0.2) is 0 Å². The molecular formula is C14H18BrN3O2. The maximum absolute atomic E-state index is 11.7. The molecule has 2 heterocycles. The Balaban J connectivity index is 1.97. The second-order valence-electron chi connectivity index (χ2n) is 5.12. The summed E-state index contributed by atoms with van der Waals surface area (Å²) >= 11 is 3.33. The van der Waals surface area contributed by atoms with Crippen molar-refractivity contribution in [2.45, 2.75) is 38.1 Å². The lowest BCUT2D eigenvalue weighted by molar-refractivity contribution is -0.156. The second kappa shape index (κ2) is 5.91. The fraction of sp³-hybridized carbons (Fsp3) is 0.500. The molecule has 0 unspecified atom stereocenters. The minimum atomic E-state index is -0.780. The SMILES string of the molecule is CC(=O)N1CC[C@]1(CCCc1cccc(Br)n1)C(N)=O. The molecule has 0 aliphatic carbocycles. The lowest BCUT2D eigenvalue weighted by Crippen LogP contribution is -2.67. The van der Waals surface area contributed by atoms with E-state index < -0.39 is 11.4 Å². The third-order valence-electron chi connectivity index (χ3n) is 3.90. The molecule has 108 valence electrons. The van der Waals surface area contributed by atoms with Crippen molar-refractivity contribution in [1.29, 1.82) is 0 Å². The average Bonchev–Trinajstić information content (AvgIpc) is 2.32. The van der Waals surface area contributed by atoms with Gasteiger partial charge in [-0.05, 0) is 53.7 Å². The Labute approximate surface area is 126 Å². The van der Waals surface area contributed by atoms with Crippen molar-refractivity contribution >= 4 is 27.7 Å². The molecule has 1 fully saturated rings. The standard InChI is InChI=1S/C14H18BrN3O2/c1-10(19)18-9-8-14(18,13(16)20)7-3-5-11-4-2-6-12(15)17-11/h2,4,6H,3,5,7-9H2,1H3,(H2,16,20)/t14-/m1/s1. The molecule has 0 bridgehead atoms. The second-order valence-corrected chi connectivity index (χ2v) is 5.93. The number of hydrogen-bond donors (Lipinski definition) is 1. The van der Waals surface area contributed by atoms with Crippen LogP contribution in [0.1, 0.15) is 31.9 Å². The maximum Gasteiger partial charge on any atom is 0.243 e. The first kappa shape index (κ1) is 15.0. The molecule has 0 saturated carbocycles. The van der Waals surface area contributed by atoms with E-state index in [2.05, 4.69) is 20.9 Å². The molecule has 0 radical (unpaired) electrons. The quantitative estimate of drug-likeness (QED) is 0.828. The number of rotatable bonds is 5. The minimum Gasteiger partial charge on any atom is -0.368 e. The summed E-state index contributed by atoms with van der Waals surface area (Å²) in [5, 5.41) is 0. The van der Waals surface area contributed by atoms with E-state index in [1.807, 2.05) is 18.2 Å². The van der Waals surface area contributed by atoms with Gasteiger partial charge in [-0.2, -0.15) is 0 Å². The predicted octanol–water partition coefficient (Wildman–Crippen LogP) is 1.64. The zero-order valence-corrected chi connectivity index (χ0v) is 13.0. The third-order valence-corrected chi connectivity index (χ3v) is 4.34. The molecular weight excluding hydrogens is 322 g/mol. The molecule has 1 aliphatic rings. The molecule has 0 spiro atoms. The van der Waals surface area contributed by atoms with E-state index in [0.29, 0.717) is 19.4 Å². The van der Waals surface area contributed by atoms with Gasteiger partial charge in [0.05, 0.1) is 0 Å². The summed E-state index contributed by atoms with van der Waals surface area (Å²) in [7, 11) is 0. The Morgan fingerprint density at radius 3 is 2.75 bits per heavy atom. The van der Waals surface area contributed by atoms with E-state index in [1.165, 1.54) is 6.92 Å². The van der Waals surface area contributed by atoms with Crippen LogP contribution in [0.25, 0.3) is 0 Å². The van der Waals surface area contributed by atoms with Crippen molar-refractivity contribution < 1.29 is 9.59 Å². The Morgan fingerprint density at radius 2 is 2.25 bits per heavy atom. The molecule has 1 aromatic heterocycles. The number of primary amides is 1. The van der Waals surface area contributed by atoms with E-state index in [1.54, 1.807) is 4.90 Å². The highest BCUT2D eigenvalue weighted by Crippen LogP contribution is 2.35. The van der Waals surface area contributed by atoms with E-state index in [4.69, 9.17) is 5.73 Å². The van der Waals surface area contributed by atoms with Crippen LogP contribution in [0, 0.1) is 0 Å². The van der Waals surface area contributed by atoms with Gasteiger partial charge < -0.3 is 10.6 Å². The van der Waals surface area contributed by atoms with Crippen molar-refractivity contribution in [2.75, 3.05) is 6.54 Å². The predicted molar refractivity (Wildman–Crippen MR) is 78.8 cm³/mol. The van der Waals surface area contributed by atoms with Gasteiger partial charge >= 0.3 is 0 Å². The summed E-state index contributed by atoms with van der Waals surface area (Å²) in [6.07, 6.45) is 2.79. The van der Waals surface area contributed by atoms with Gasteiger partial charge in [0.2, 0.25) is 11.8 Å². The van der Waals surface area contributed by atoms with Crippen LogP contribution < -0.4 is 5.73 Å². The highest BCUT2D eigenvalue weighted by Gasteiger charge is 2.50. The van der Waals surface area contributed by atoms with Crippen molar-refractivity contribution in [3.05, 3.63) is 28.5 Å². The number of amides is 2. The summed E-state index contributed by atoms with van der Waals surface area (Å²) in [6, 6.07) is 5.75. The van der Waals surface area contributed by atoms with Crippen LogP contribution in [0.4, 0.5) is 0 Å². The van der Waals surface area contributed by atoms with Crippen LogP contribution in [-0.2, 0) is 16.0 Å². The van der Waals surface area contributed by atoms with Crippen molar-refractivity contribution in [3.63, 3.8) is 0 Å². The van der Waals surface area contributed by atoms with Crippen molar-refractivity contribution in [3.8, 4) is 0 Å². The summed E-state index contributed by atoms with van der Waals surface area (Å²) in [5.41, 5.74) is 5.69. The van der Waals surface area contributed by atoms with Gasteiger partial charge in [-0.3, -0.25) is 9.59 Å². The van der Waals surface area contributed by atoms with E-state index in [0.717, 1.165) is 23.1 Å². The smallest absolute Gasteiger partial charge is 0.243 e. The highest BCUT2D eigenvalue weighted by molar-refractivity contribution is 9.10. The zero-order valence-electron chi connectivity index (χ0n) is 11.4. The lowest BCUT2D eigenvalue weighted by atomic mass is 9.79. The molecule has 0 aromatic carbocycles. The van der Waals surface area contributed by atoms with Crippen LogP contribution in [-0.4, -0.2) is 33.8 Å². The highest BCUT2D eigenvalue weighted by atomic mass is 79.9. The summed E-state index contributed by atoms with van der Waals surface area (Å²) in [6.45, 7) is 2.10. The molecule has 2 rings (SSSR count). The first-order valence-electron chi connectivity index (χ1n) is 6.65. The molecule has 1 saturated heterocycles. The van der Waals surface area contributed by atoms with Gasteiger partial charge in [0, 0.05) is 19.2 Å². The van der Waals surface area contributed by atoms with Crippen molar-refractivity contribution in [2.24, 2.45) is 5.73 Å². The third kappa shape index (κ3) is 2.85. The molecule has 1 aromatic rings. The fourth-order valence-corrected chi connectivity index (χ4v) is 3.12. The lowest BCUT2D eigenvalue weighted by Gasteiger charge is -2.50. The first-order valence-corrected chi connectivity index (χ1v) is 7.44. The first-order chi connectivity index (χ1) is 9.45. The summed E-state index contributed by atoms with van der Waals surface area (Å²) in [4.78, 5) is 29.2. The van der Waals surface area contributed by atoms with E-state index in [-0.39, 0.29) is 5.91 Å². The number of likely N-dealkylation sites (tertiary alicyclic amines) is 1. The number of nitrogens with two attached hydrogens (primary N) is 1. The Bertz CT molecular complexity index is 535. The van der Waals surface area contributed by atoms with Crippen LogP contribution >= 0.6 is 15.9 Å². The summed E-state index contributed by atoms with van der Waals surface area (Å²) < 4.78 is 0.800. The van der Waals surface area contributed by atoms with Crippen LogP contribution in [0.15, 0.2) is 22.8 Å². The molecule has 5 nitrogen and oxygen atoms in total. The average molecular weight is 340 g/mol. The summed E-state index contributed by atoms with van der Waals surface area (Å²) in [5.74, 6) is -0.489. The fourth-order valence-electron chi connectivity index (χ4n) is 2.74. The number of aryl methyl sites for hydroxylation is 1. The number of carbonyl (C=O) groups is 2. The maximum atomic E-state index is 11.7. The number of carbonyl (C=O) groups excluding carboxylic acids is 2. The minimum absolute atomic E-state index is 0.0874. The van der Waals surface area contributed by atoms with E-state index >= 15 is 0 Å². The number of hydrogen-bond acceptors (Lipinski definition) is 3. The van der Waals surface area contributed by atoms with Gasteiger partial charge in [-0.25, -0.2) is 4.98 Å². The normalized spacial score (nSPS) is 21.4. The molecule has 20 heavy (non-hydrogen) atoms. The number of halogens is 1. The molecule has 1 aliphatic heterocycles. The van der Waals surface area contributed by atoms with Crippen molar-refractivity contribution in [1.82, 2.24) is 9.88 Å². The van der Waals surface area contributed by atoms with Crippen LogP contribution in [0.3, 0.4) is 0 Å². The monoisotopic (exact) mass is 339 g/mol. The van der Waals surface area contributed by atoms with Gasteiger partial charge in [-0.1, -0.05) is 6.07 Å². The molecule has 2 N–H and O–H groups in total. The molecule has 6 heteroatoms. The number of nitrogens with zero attached hydrogens (tertiary/aromatic N) is 2. The van der Waals surface area contributed by atoms with Gasteiger partial charge in [0.25, 0.3) is 0 Å². The largest absolute Gasteiger partial charge is 0.368 e. The number of aromatic nitrogens is 1. The van der Waals surface area contributed by atoms with Crippen LogP contribution in [0.2, 0.25) is 0 Å². The molecule has 2 amide bonds. The Hall–Kier alpha value is -1.43. The zero-order chi connectivity index (χ0) is 14.8. The molecule has 1 atom stereocenters. The van der Waals surface area contributed by atoms with E-state index in [9.17, 15) is 9.59 Å². The number of pyridine rings is 1.